The molecular weight excluding hydrogens is 270 g/mol. The van der Waals surface area contributed by atoms with Crippen LogP contribution in [-0.2, 0) is 14.3 Å². The van der Waals surface area contributed by atoms with Crippen LogP contribution in [0.3, 0.4) is 0 Å². The first-order valence-electron chi connectivity index (χ1n) is 5.64. The van der Waals surface area contributed by atoms with Gasteiger partial charge in [0, 0.05) is 6.07 Å². The molecule has 20 heavy (non-hydrogen) atoms. The SMILES string of the molecule is CCOC(=O)C(O)c1c(C(=O)OC)cccc1[N+](=O)[O-]. The first-order valence-corrected chi connectivity index (χ1v) is 5.64. The van der Waals surface area contributed by atoms with E-state index in [2.05, 4.69) is 9.47 Å². The lowest BCUT2D eigenvalue weighted by Gasteiger charge is -2.13. The second kappa shape index (κ2) is 6.62. The van der Waals surface area contributed by atoms with Crippen molar-refractivity contribution in [3.8, 4) is 0 Å². The fraction of sp³-hybridized carbons (Fsp3) is 0.333. The first-order chi connectivity index (χ1) is 9.43. The molecule has 0 fully saturated rings. The van der Waals surface area contributed by atoms with E-state index in [0.717, 1.165) is 13.2 Å². The lowest BCUT2D eigenvalue weighted by molar-refractivity contribution is -0.386. The van der Waals surface area contributed by atoms with E-state index >= 15 is 0 Å². The predicted octanol–water partition coefficient (Wildman–Crippen LogP) is 0.978. The molecule has 8 heteroatoms. The van der Waals surface area contributed by atoms with Crippen LogP contribution in [0.4, 0.5) is 5.69 Å². The number of methoxy groups -OCH3 is 1. The van der Waals surface area contributed by atoms with Gasteiger partial charge in [0.1, 0.15) is 0 Å². The van der Waals surface area contributed by atoms with Gasteiger partial charge in [0.25, 0.3) is 5.69 Å². The third-order valence-electron chi connectivity index (χ3n) is 2.47. The summed E-state index contributed by atoms with van der Waals surface area (Å²) in [5.74, 6) is -1.97. The average molecular weight is 283 g/mol. The molecule has 1 N–H and O–H groups in total. The highest BCUT2D eigenvalue weighted by Crippen LogP contribution is 2.30. The normalized spacial score (nSPS) is 11.6. The van der Waals surface area contributed by atoms with Gasteiger partial charge < -0.3 is 14.6 Å². The van der Waals surface area contributed by atoms with Gasteiger partial charge in [0.05, 0.1) is 29.8 Å². The summed E-state index contributed by atoms with van der Waals surface area (Å²) in [5.41, 5.74) is -1.27. The molecule has 1 aromatic carbocycles. The van der Waals surface area contributed by atoms with Crippen LogP contribution in [0, 0.1) is 10.1 Å². The third kappa shape index (κ3) is 3.09. The Bertz CT molecular complexity index is 541. The van der Waals surface area contributed by atoms with Crippen LogP contribution in [-0.4, -0.2) is 35.7 Å². The Labute approximate surface area is 114 Å². The molecule has 0 spiro atoms. The van der Waals surface area contributed by atoms with Crippen LogP contribution in [0.5, 0.6) is 0 Å². The largest absolute Gasteiger partial charge is 0.465 e. The number of benzene rings is 1. The maximum absolute atomic E-state index is 11.6. The number of nitro benzene ring substituents is 1. The Morgan fingerprint density at radius 3 is 2.60 bits per heavy atom. The Hall–Kier alpha value is -2.48. The molecule has 108 valence electrons. The Balaban J connectivity index is 3.42. The Morgan fingerprint density at radius 2 is 2.10 bits per heavy atom. The second-order valence-corrected chi connectivity index (χ2v) is 3.64. The monoisotopic (exact) mass is 283 g/mol. The molecule has 0 bridgehead atoms. The molecule has 0 amide bonds. The molecule has 0 radical (unpaired) electrons. The molecule has 0 aliphatic rings. The summed E-state index contributed by atoms with van der Waals surface area (Å²) in [5, 5.41) is 20.8. The van der Waals surface area contributed by atoms with Gasteiger partial charge in [-0.2, -0.15) is 0 Å². The smallest absolute Gasteiger partial charge is 0.339 e. The fourth-order valence-electron chi connectivity index (χ4n) is 1.63. The van der Waals surface area contributed by atoms with Crippen LogP contribution in [0.25, 0.3) is 0 Å². The summed E-state index contributed by atoms with van der Waals surface area (Å²) in [6.07, 6.45) is -1.94. The maximum Gasteiger partial charge on any atom is 0.339 e. The number of hydrogen-bond donors (Lipinski definition) is 1. The van der Waals surface area contributed by atoms with E-state index in [1.807, 2.05) is 0 Å². The number of aliphatic hydroxyl groups excluding tert-OH is 1. The fourth-order valence-corrected chi connectivity index (χ4v) is 1.63. The minimum atomic E-state index is -1.94. The molecule has 0 aliphatic heterocycles. The highest BCUT2D eigenvalue weighted by molar-refractivity contribution is 5.94. The van der Waals surface area contributed by atoms with E-state index in [4.69, 9.17) is 0 Å². The Kier molecular flexibility index (Phi) is 5.15. The highest BCUT2D eigenvalue weighted by Gasteiger charge is 2.32. The van der Waals surface area contributed by atoms with Crippen molar-refractivity contribution in [3.63, 3.8) is 0 Å². The van der Waals surface area contributed by atoms with Crippen molar-refractivity contribution in [1.29, 1.82) is 0 Å². The number of rotatable bonds is 5. The number of hydrogen-bond acceptors (Lipinski definition) is 7. The molecule has 0 aliphatic carbocycles. The van der Waals surface area contributed by atoms with Gasteiger partial charge >= 0.3 is 11.9 Å². The number of nitrogens with zero attached hydrogens (tertiary/aromatic N) is 1. The number of ether oxygens (including phenoxy) is 2. The molecule has 1 atom stereocenters. The first kappa shape index (κ1) is 15.6. The number of carbonyl (C=O) groups is 2. The van der Waals surface area contributed by atoms with E-state index in [9.17, 15) is 24.8 Å². The van der Waals surface area contributed by atoms with Crippen molar-refractivity contribution in [2.75, 3.05) is 13.7 Å². The topological polar surface area (TPSA) is 116 Å². The van der Waals surface area contributed by atoms with Crippen LogP contribution in [0.15, 0.2) is 18.2 Å². The van der Waals surface area contributed by atoms with Crippen LogP contribution in [0.1, 0.15) is 28.9 Å². The number of aliphatic hydroxyl groups is 1. The summed E-state index contributed by atoms with van der Waals surface area (Å²) >= 11 is 0. The predicted molar refractivity (Wildman–Crippen MR) is 66.0 cm³/mol. The van der Waals surface area contributed by atoms with E-state index in [1.165, 1.54) is 19.1 Å². The zero-order valence-corrected chi connectivity index (χ0v) is 10.9. The molecule has 0 heterocycles. The second-order valence-electron chi connectivity index (χ2n) is 3.64. The molecular formula is C12H13NO7. The van der Waals surface area contributed by atoms with Gasteiger partial charge in [-0.3, -0.25) is 10.1 Å². The molecule has 0 saturated heterocycles. The standard InChI is InChI=1S/C12H13NO7/c1-3-20-12(16)10(14)9-7(11(15)19-2)5-4-6-8(9)13(17)18/h4-6,10,14H,3H2,1-2H3. The molecule has 0 aromatic heterocycles. The lowest BCUT2D eigenvalue weighted by atomic mass is 10.00. The highest BCUT2D eigenvalue weighted by atomic mass is 16.6. The summed E-state index contributed by atoms with van der Waals surface area (Å²) < 4.78 is 9.07. The quantitative estimate of drug-likeness (QED) is 0.486. The average Bonchev–Trinajstić information content (AvgIpc) is 2.44. The van der Waals surface area contributed by atoms with Crippen molar-refractivity contribution in [3.05, 3.63) is 39.4 Å². The van der Waals surface area contributed by atoms with Crippen molar-refractivity contribution in [1.82, 2.24) is 0 Å². The summed E-state index contributed by atoms with van der Waals surface area (Å²) in [7, 11) is 1.09. The molecule has 1 unspecified atom stereocenters. The van der Waals surface area contributed by atoms with Crippen LogP contribution in [0.2, 0.25) is 0 Å². The van der Waals surface area contributed by atoms with E-state index < -0.39 is 34.2 Å². The van der Waals surface area contributed by atoms with Gasteiger partial charge in [-0.05, 0) is 13.0 Å². The summed E-state index contributed by atoms with van der Waals surface area (Å²) in [4.78, 5) is 33.3. The lowest BCUT2D eigenvalue weighted by Crippen LogP contribution is -2.20. The van der Waals surface area contributed by atoms with Crippen LogP contribution < -0.4 is 0 Å². The molecule has 8 nitrogen and oxygen atoms in total. The molecule has 0 saturated carbocycles. The maximum atomic E-state index is 11.6. The zero-order chi connectivity index (χ0) is 15.3. The molecule has 1 rings (SSSR count). The summed E-state index contributed by atoms with van der Waals surface area (Å²) in [6.45, 7) is 1.51. The van der Waals surface area contributed by atoms with Gasteiger partial charge in [-0.25, -0.2) is 9.59 Å². The zero-order valence-electron chi connectivity index (χ0n) is 10.9. The third-order valence-corrected chi connectivity index (χ3v) is 2.47. The van der Waals surface area contributed by atoms with Gasteiger partial charge in [-0.1, -0.05) is 6.07 Å². The van der Waals surface area contributed by atoms with Crippen molar-refractivity contribution < 1.29 is 29.1 Å². The van der Waals surface area contributed by atoms with Crippen LogP contribution >= 0.6 is 0 Å². The number of carbonyl (C=O) groups excluding carboxylic acids is 2. The number of nitro groups is 1. The van der Waals surface area contributed by atoms with E-state index in [0.29, 0.717) is 0 Å². The summed E-state index contributed by atoms with van der Waals surface area (Å²) in [6, 6.07) is 3.55. The van der Waals surface area contributed by atoms with Crippen molar-refractivity contribution >= 4 is 17.6 Å². The van der Waals surface area contributed by atoms with Gasteiger partial charge in [-0.15, -0.1) is 0 Å². The van der Waals surface area contributed by atoms with Gasteiger partial charge in [0.15, 0.2) is 6.10 Å². The van der Waals surface area contributed by atoms with E-state index in [-0.39, 0.29) is 12.2 Å². The minimum Gasteiger partial charge on any atom is -0.465 e. The van der Waals surface area contributed by atoms with Crippen molar-refractivity contribution in [2.45, 2.75) is 13.0 Å². The Morgan fingerprint density at radius 1 is 1.45 bits per heavy atom. The number of esters is 2. The van der Waals surface area contributed by atoms with Gasteiger partial charge in [0.2, 0.25) is 0 Å². The van der Waals surface area contributed by atoms with Crippen molar-refractivity contribution in [2.24, 2.45) is 0 Å². The molecule has 1 aromatic rings. The minimum absolute atomic E-state index is 0.00984. The van der Waals surface area contributed by atoms with E-state index in [1.54, 1.807) is 0 Å².